The Kier molecular flexibility index (Phi) is 4.29. The van der Waals surface area contributed by atoms with Crippen LogP contribution in [0.15, 0.2) is 48.5 Å². The summed E-state index contributed by atoms with van der Waals surface area (Å²) in [7, 11) is 1.27. The van der Waals surface area contributed by atoms with Crippen molar-refractivity contribution in [2.75, 3.05) is 7.11 Å². The van der Waals surface area contributed by atoms with E-state index < -0.39 is 12.1 Å². The molecule has 0 atom stereocenters. The first kappa shape index (κ1) is 15.7. The van der Waals surface area contributed by atoms with E-state index in [1.165, 1.54) is 7.11 Å². The molecule has 122 valence electrons. The van der Waals surface area contributed by atoms with Gasteiger partial charge in [0, 0.05) is 12.0 Å². The molecule has 2 aromatic carbocycles. The van der Waals surface area contributed by atoms with E-state index in [0.29, 0.717) is 11.4 Å². The second-order valence-corrected chi connectivity index (χ2v) is 5.32. The lowest BCUT2D eigenvalue weighted by atomic mass is 10.0. The molecule has 3 aromatic rings. The van der Waals surface area contributed by atoms with E-state index in [9.17, 15) is 9.59 Å². The van der Waals surface area contributed by atoms with Crippen LogP contribution in [0.25, 0.3) is 22.0 Å². The quantitative estimate of drug-likeness (QED) is 0.796. The maximum atomic E-state index is 11.9. The second kappa shape index (κ2) is 6.54. The molecule has 1 N–H and O–H groups in total. The lowest BCUT2D eigenvalue weighted by molar-refractivity contribution is -0.137. The van der Waals surface area contributed by atoms with Crippen molar-refractivity contribution in [3.8, 4) is 11.3 Å². The van der Waals surface area contributed by atoms with Crippen LogP contribution < -0.4 is 0 Å². The summed E-state index contributed by atoms with van der Waals surface area (Å²) in [5, 5.41) is 15.3. The molecule has 0 aliphatic carbocycles. The number of methoxy groups -OCH3 is 1. The van der Waals surface area contributed by atoms with Gasteiger partial charge in [-0.05, 0) is 16.8 Å². The van der Waals surface area contributed by atoms with Gasteiger partial charge in [-0.15, -0.1) is 0 Å². The molecule has 24 heavy (non-hydrogen) atoms. The van der Waals surface area contributed by atoms with Crippen LogP contribution in [-0.2, 0) is 16.0 Å². The molecule has 0 saturated heterocycles. The molecule has 0 aliphatic rings. The van der Waals surface area contributed by atoms with Crippen molar-refractivity contribution in [2.24, 2.45) is 0 Å². The number of nitrogens with zero attached hydrogens (tertiary/aromatic N) is 2. The number of aromatic nitrogens is 2. The van der Waals surface area contributed by atoms with Crippen molar-refractivity contribution in [3.63, 3.8) is 0 Å². The van der Waals surface area contributed by atoms with Gasteiger partial charge in [0.05, 0.1) is 24.9 Å². The fourth-order valence-electron chi connectivity index (χ4n) is 2.66. The summed E-state index contributed by atoms with van der Waals surface area (Å²) in [6, 6.07) is 15.5. The fraction of sp³-hybridized carbons (Fsp3) is 0.167. The fourth-order valence-corrected chi connectivity index (χ4v) is 2.66. The van der Waals surface area contributed by atoms with E-state index in [-0.39, 0.29) is 12.8 Å². The Bertz CT molecular complexity index is 909. The van der Waals surface area contributed by atoms with Gasteiger partial charge in [-0.3, -0.25) is 4.79 Å². The summed E-state index contributed by atoms with van der Waals surface area (Å²) in [5.74, 6) is -0.931. The second-order valence-electron chi connectivity index (χ2n) is 5.32. The van der Waals surface area contributed by atoms with Crippen molar-refractivity contribution in [3.05, 3.63) is 54.2 Å². The molecule has 0 amide bonds. The lowest BCUT2D eigenvalue weighted by Gasteiger charge is -2.03. The number of benzene rings is 2. The summed E-state index contributed by atoms with van der Waals surface area (Å²) in [6.07, 6.45) is -0.526. The Morgan fingerprint density at radius 2 is 1.92 bits per heavy atom. The molecule has 0 radical (unpaired) electrons. The SMILES string of the molecule is COC(=O)n1nc(-c2cccc3ccccc23)cc1CCC(=O)O. The van der Waals surface area contributed by atoms with Crippen LogP contribution in [0.5, 0.6) is 0 Å². The Morgan fingerprint density at radius 3 is 2.67 bits per heavy atom. The molecule has 1 aromatic heterocycles. The highest BCUT2D eigenvalue weighted by atomic mass is 16.5. The molecule has 0 fully saturated rings. The Balaban J connectivity index is 2.10. The maximum Gasteiger partial charge on any atom is 0.434 e. The molecule has 0 aliphatic heterocycles. The highest BCUT2D eigenvalue weighted by molar-refractivity contribution is 5.96. The van der Waals surface area contributed by atoms with E-state index in [2.05, 4.69) is 5.10 Å². The first-order chi connectivity index (χ1) is 11.6. The van der Waals surface area contributed by atoms with Crippen molar-refractivity contribution in [1.29, 1.82) is 0 Å². The van der Waals surface area contributed by atoms with E-state index in [1.807, 2.05) is 42.5 Å². The summed E-state index contributed by atoms with van der Waals surface area (Å²) < 4.78 is 5.86. The number of rotatable bonds is 4. The van der Waals surface area contributed by atoms with Crippen molar-refractivity contribution < 1.29 is 19.4 Å². The average Bonchev–Trinajstić information content (AvgIpc) is 3.02. The number of carboxylic acids is 1. The van der Waals surface area contributed by atoms with E-state index in [4.69, 9.17) is 9.84 Å². The molecule has 6 nitrogen and oxygen atoms in total. The van der Waals surface area contributed by atoms with Gasteiger partial charge in [-0.25, -0.2) is 4.79 Å². The Hall–Kier alpha value is -3.15. The average molecular weight is 324 g/mol. The minimum atomic E-state index is -0.931. The Labute approximate surface area is 138 Å². The Morgan fingerprint density at radius 1 is 1.17 bits per heavy atom. The monoisotopic (exact) mass is 324 g/mol. The molecule has 6 heteroatoms. The first-order valence-corrected chi connectivity index (χ1v) is 7.47. The zero-order valence-corrected chi connectivity index (χ0v) is 13.1. The zero-order valence-electron chi connectivity index (χ0n) is 13.1. The van der Waals surface area contributed by atoms with Crippen molar-refractivity contribution in [1.82, 2.24) is 9.78 Å². The molecule has 0 saturated carbocycles. The van der Waals surface area contributed by atoms with Gasteiger partial charge < -0.3 is 9.84 Å². The van der Waals surface area contributed by atoms with Gasteiger partial charge in [0.25, 0.3) is 0 Å². The molecule has 3 rings (SSSR count). The number of aliphatic carboxylic acids is 1. The number of fused-ring (bicyclic) bond motifs is 1. The van der Waals surface area contributed by atoms with E-state index in [0.717, 1.165) is 21.0 Å². The number of carbonyl (C=O) groups is 2. The maximum absolute atomic E-state index is 11.9. The number of aryl methyl sites for hydroxylation is 1. The van der Waals surface area contributed by atoms with Crippen LogP contribution in [-0.4, -0.2) is 34.1 Å². The molecular weight excluding hydrogens is 308 g/mol. The van der Waals surface area contributed by atoms with Crippen LogP contribution in [0.4, 0.5) is 4.79 Å². The summed E-state index contributed by atoms with van der Waals surface area (Å²) in [4.78, 5) is 22.7. The van der Waals surface area contributed by atoms with Gasteiger partial charge >= 0.3 is 12.1 Å². The third-order valence-electron chi connectivity index (χ3n) is 3.79. The van der Waals surface area contributed by atoms with Crippen LogP contribution in [0.1, 0.15) is 12.1 Å². The molecule has 0 bridgehead atoms. The minimum absolute atomic E-state index is 0.0856. The summed E-state index contributed by atoms with van der Waals surface area (Å²) in [5.41, 5.74) is 2.00. The van der Waals surface area contributed by atoms with Crippen LogP contribution in [0.3, 0.4) is 0 Å². The molecular formula is C18H16N2O4. The van der Waals surface area contributed by atoms with E-state index in [1.54, 1.807) is 6.07 Å². The van der Waals surface area contributed by atoms with Gasteiger partial charge in [-0.1, -0.05) is 42.5 Å². The molecule has 1 heterocycles. The number of carbonyl (C=O) groups excluding carboxylic acids is 1. The number of ether oxygens (including phenoxy) is 1. The van der Waals surface area contributed by atoms with Crippen LogP contribution in [0, 0.1) is 0 Å². The highest BCUT2D eigenvalue weighted by Gasteiger charge is 2.17. The van der Waals surface area contributed by atoms with Gasteiger partial charge in [0.15, 0.2) is 0 Å². The highest BCUT2D eigenvalue weighted by Crippen LogP contribution is 2.28. The third-order valence-corrected chi connectivity index (χ3v) is 3.79. The normalized spacial score (nSPS) is 10.7. The van der Waals surface area contributed by atoms with Crippen LogP contribution >= 0.6 is 0 Å². The van der Waals surface area contributed by atoms with Gasteiger partial charge in [0.2, 0.25) is 0 Å². The molecule has 0 spiro atoms. The van der Waals surface area contributed by atoms with E-state index >= 15 is 0 Å². The number of hydrogen-bond acceptors (Lipinski definition) is 4. The molecule has 0 unspecified atom stereocenters. The largest absolute Gasteiger partial charge is 0.481 e. The van der Waals surface area contributed by atoms with Crippen molar-refractivity contribution in [2.45, 2.75) is 12.8 Å². The predicted molar refractivity (Wildman–Crippen MR) is 88.9 cm³/mol. The lowest BCUT2D eigenvalue weighted by Crippen LogP contribution is -2.16. The van der Waals surface area contributed by atoms with Crippen molar-refractivity contribution >= 4 is 22.8 Å². The summed E-state index contributed by atoms with van der Waals surface area (Å²) in [6.45, 7) is 0. The minimum Gasteiger partial charge on any atom is -0.481 e. The van der Waals surface area contributed by atoms with Gasteiger partial charge in [-0.2, -0.15) is 9.78 Å². The number of hydrogen-bond donors (Lipinski definition) is 1. The number of carboxylic acid groups (broad SMARTS) is 1. The predicted octanol–water partition coefficient (Wildman–Crippen LogP) is 3.34. The third kappa shape index (κ3) is 2.99. The van der Waals surface area contributed by atoms with Gasteiger partial charge in [0.1, 0.15) is 0 Å². The first-order valence-electron chi connectivity index (χ1n) is 7.47. The van der Waals surface area contributed by atoms with Crippen LogP contribution in [0.2, 0.25) is 0 Å². The zero-order chi connectivity index (χ0) is 17.1. The smallest absolute Gasteiger partial charge is 0.434 e. The topological polar surface area (TPSA) is 81.4 Å². The summed E-state index contributed by atoms with van der Waals surface area (Å²) >= 11 is 0. The standard InChI is InChI=1S/C18H16N2O4/c1-24-18(23)20-13(9-10-17(21)22)11-16(19-20)15-8-4-6-12-5-2-3-7-14(12)15/h2-8,11H,9-10H2,1H3,(H,21,22).